The Morgan fingerprint density at radius 2 is 1.71 bits per heavy atom. The van der Waals surface area contributed by atoms with E-state index in [0.29, 0.717) is 33.3 Å². The van der Waals surface area contributed by atoms with Crippen molar-refractivity contribution in [3.8, 4) is 6.07 Å². The van der Waals surface area contributed by atoms with Crippen LogP contribution in [0.2, 0.25) is 0 Å². The number of amides is 2. The minimum absolute atomic E-state index is 0.0865. The molecule has 0 fully saturated rings. The molecule has 0 aliphatic carbocycles. The van der Waals surface area contributed by atoms with Crippen LogP contribution in [0.4, 0.5) is 11.4 Å². The zero-order chi connectivity index (χ0) is 27.4. The lowest BCUT2D eigenvalue weighted by molar-refractivity contribution is -0.114. The highest BCUT2D eigenvalue weighted by molar-refractivity contribution is 8.03. The number of aryl methyl sites for hydroxylation is 4. The lowest BCUT2D eigenvalue weighted by atomic mass is 9.85. The summed E-state index contributed by atoms with van der Waals surface area (Å²) in [6, 6.07) is 17.3. The van der Waals surface area contributed by atoms with E-state index in [-0.39, 0.29) is 17.6 Å². The van der Waals surface area contributed by atoms with E-state index in [1.165, 1.54) is 18.0 Å². The summed E-state index contributed by atoms with van der Waals surface area (Å²) in [6.07, 6.45) is 1.52. The molecule has 8 heteroatoms. The van der Waals surface area contributed by atoms with Gasteiger partial charge in [-0.1, -0.05) is 47.7 Å². The van der Waals surface area contributed by atoms with E-state index < -0.39 is 5.92 Å². The van der Waals surface area contributed by atoms with E-state index in [1.807, 2.05) is 64.1 Å². The van der Waals surface area contributed by atoms with E-state index >= 15 is 0 Å². The van der Waals surface area contributed by atoms with Crippen molar-refractivity contribution < 1.29 is 14.0 Å². The number of carbonyl (C=O) groups excluding carboxylic acids is 2. The molecule has 2 amide bonds. The van der Waals surface area contributed by atoms with Crippen LogP contribution in [0.25, 0.3) is 0 Å². The molecule has 7 nitrogen and oxygen atoms in total. The van der Waals surface area contributed by atoms with Crippen LogP contribution in [-0.2, 0) is 9.59 Å². The maximum absolute atomic E-state index is 13.5. The summed E-state index contributed by atoms with van der Waals surface area (Å²) < 4.78 is 5.68. The van der Waals surface area contributed by atoms with Crippen molar-refractivity contribution in [3.63, 3.8) is 0 Å². The predicted octanol–water partition coefficient (Wildman–Crippen LogP) is 6.22. The smallest absolute Gasteiger partial charge is 0.254 e. The first kappa shape index (κ1) is 26.8. The lowest BCUT2D eigenvalue weighted by Gasteiger charge is -2.28. The van der Waals surface area contributed by atoms with Crippen LogP contribution >= 0.6 is 11.8 Å². The first-order valence-electron chi connectivity index (χ1n) is 12.2. The Morgan fingerprint density at radius 1 is 1.00 bits per heavy atom. The fraction of sp³-hybridized carbons (Fsp3) is 0.233. The molecule has 0 saturated heterocycles. The maximum Gasteiger partial charge on any atom is 0.254 e. The van der Waals surface area contributed by atoms with E-state index in [1.54, 1.807) is 19.1 Å². The van der Waals surface area contributed by atoms with Crippen LogP contribution in [0.15, 0.2) is 81.1 Å². The van der Waals surface area contributed by atoms with Crippen molar-refractivity contribution in [2.75, 3.05) is 16.4 Å². The molecule has 0 spiro atoms. The highest BCUT2D eigenvalue weighted by Crippen LogP contribution is 2.41. The van der Waals surface area contributed by atoms with Gasteiger partial charge >= 0.3 is 0 Å². The van der Waals surface area contributed by atoms with Crippen LogP contribution in [0.3, 0.4) is 0 Å². The molecule has 0 unspecified atom stereocenters. The third-order valence-corrected chi connectivity index (χ3v) is 7.42. The summed E-state index contributed by atoms with van der Waals surface area (Å²) in [5.41, 5.74) is 6.84. The first-order chi connectivity index (χ1) is 18.2. The number of hydrogen-bond acceptors (Lipinski definition) is 6. The second-order valence-corrected chi connectivity index (χ2v) is 10.3. The SMILES string of the molecule is CC1=C(C(=O)Nc2ccccc2C)[C@H](c2ccco2)C(C#N)=C(SCC(=O)Nc2c(C)cc(C)cc2C)N1. The molecule has 3 N–H and O–H groups in total. The van der Waals surface area contributed by atoms with Crippen LogP contribution in [0.5, 0.6) is 0 Å². The second-order valence-electron chi connectivity index (χ2n) is 9.35. The highest BCUT2D eigenvalue weighted by Gasteiger charge is 2.36. The van der Waals surface area contributed by atoms with Gasteiger partial charge in [0.2, 0.25) is 5.91 Å². The second kappa shape index (κ2) is 11.4. The van der Waals surface area contributed by atoms with Gasteiger partial charge in [-0.05, 0) is 69.5 Å². The van der Waals surface area contributed by atoms with Gasteiger partial charge in [0.25, 0.3) is 5.91 Å². The fourth-order valence-corrected chi connectivity index (χ4v) is 5.55. The third kappa shape index (κ3) is 5.68. The van der Waals surface area contributed by atoms with E-state index in [4.69, 9.17) is 4.42 Å². The monoisotopic (exact) mass is 526 g/mol. The number of carbonyl (C=O) groups is 2. The number of nitrogens with one attached hydrogen (secondary N) is 3. The van der Waals surface area contributed by atoms with Gasteiger partial charge in [-0.15, -0.1) is 0 Å². The van der Waals surface area contributed by atoms with Crippen LogP contribution in [0, 0.1) is 39.0 Å². The molecule has 4 rings (SSSR count). The number of dihydropyridines is 1. The molecule has 1 atom stereocenters. The summed E-state index contributed by atoms with van der Waals surface area (Å²) in [6.45, 7) is 9.66. The lowest BCUT2D eigenvalue weighted by Crippen LogP contribution is -2.31. The van der Waals surface area contributed by atoms with Crippen molar-refractivity contribution in [1.82, 2.24) is 5.32 Å². The van der Waals surface area contributed by atoms with Gasteiger partial charge in [0, 0.05) is 17.1 Å². The number of nitrogens with zero attached hydrogens (tertiary/aromatic N) is 1. The van der Waals surface area contributed by atoms with E-state index in [9.17, 15) is 14.9 Å². The summed E-state index contributed by atoms with van der Waals surface area (Å²) in [7, 11) is 0. The Labute approximate surface area is 227 Å². The number of rotatable bonds is 7. The fourth-order valence-electron chi connectivity index (χ4n) is 4.66. The van der Waals surface area contributed by atoms with Crippen molar-refractivity contribution in [2.45, 2.75) is 40.5 Å². The van der Waals surface area contributed by atoms with Gasteiger partial charge in [-0.25, -0.2) is 0 Å². The number of benzene rings is 2. The van der Waals surface area contributed by atoms with Crippen molar-refractivity contribution in [1.29, 1.82) is 5.26 Å². The molecule has 194 valence electrons. The maximum atomic E-state index is 13.5. The Kier molecular flexibility index (Phi) is 8.08. The molecular formula is C30H30N4O3S. The zero-order valence-electron chi connectivity index (χ0n) is 22.1. The van der Waals surface area contributed by atoms with Gasteiger partial charge in [-0.2, -0.15) is 5.26 Å². The van der Waals surface area contributed by atoms with Gasteiger partial charge < -0.3 is 20.4 Å². The molecular weight excluding hydrogens is 496 g/mol. The molecule has 1 aliphatic rings. The quantitative estimate of drug-likeness (QED) is 0.337. The zero-order valence-corrected chi connectivity index (χ0v) is 22.9. The average molecular weight is 527 g/mol. The van der Waals surface area contributed by atoms with Crippen molar-refractivity contribution in [3.05, 3.63) is 105 Å². The number of anilines is 2. The molecule has 0 radical (unpaired) electrons. The number of allylic oxidation sites excluding steroid dienone is 2. The summed E-state index contributed by atoms with van der Waals surface area (Å²) in [4.78, 5) is 26.4. The third-order valence-electron chi connectivity index (χ3n) is 6.40. The normalized spacial score (nSPS) is 15.1. The highest BCUT2D eigenvalue weighted by atomic mass is 32.2. The van der Waals surface area contributed by atoms with Gasteiger partial charge in [0.05, 0.1) is 40.2 Å². The number of thioether (sulfide) groups is 1. The predicted molar refractivity (Wildman–Crippen MR) is 151 cm³/mol. The molecule has 1 aromatic heterocycles. The largest absolute Gasteiger partial charge is 0.468 e. The van der Waals surface area contributed by atoms with Crippen LogP contribution < -0.4 is 16.0 Å². The van der Waals surface area contributed by atoms with Crippen molar-refractivity contribution in [2.24, 2.45) is 0 Å². The number of hydrogen-bond donors (Lipinski definition) is 3. The first-order valence-corrected chi connectivity index (χ1v) is 13.2. The number of para-hydroxylation sites is 1. The standard InChI is InChI=1S/C30H30N4O3S/c1-17-13-19(3)28(20(4)14-17)34-25(35)16-38-30-22(15-31)27(24-11-8-12-37-24)26(21(5)32-30)29(36)33-23-10-7-6-9-18(23)2/h6-14,27,32H,16H2,1-5H3,(H,33,36)(H,34,35)/t27-/m0/s1. The van der Waals surface area contributed by atoms with Crippen LogP contribution in [0.1, 0.15) is 40.9 Å². The molecule has 38 heavy (non-hydrogen) atoms. The molecule has 3 aromatic rings. The number of nitriles is 1. The van der Waals surface area contributed by atoms with E-state index in [0.717, 1.165) is 27.9 Å². The Balaban J connectivity index is 1.59. The molecule has 2 heterocycles. The molecule has 2 aromatic carbocycles. The van der Waals surface area contributed by atoms with Crippen molar-refractivity contribution >= 4 is 35.0 Å². The Hall–Kier alpha value is -4.22. The Bertz CT molecular complexity index is 1470. The van der Waals surface area contributed by atoms with Gasteiger partial charge in [0.1, 0.15) is 5.76 Å². The summed E-state index contributed by atoms with van der Waals surface area (Å²) in [5, 5.41) is 19.9. The average Bonchev–Trinajstić information content (AvgIpc) is 3.40. The van der Waals surface area contributed by atoms with E-state index in [2.05, 4.69) is 22.0 Å². The summed E-state index contributed by atoms with van der Waals surface area (Å²) in [5.74, 6) is -0.664. The summed E-state index contributed by atoms with van der Waals surface area (Å²) >= 11 is 1.22. The van der Waals surface area contributed by atoms with Gasteiger partial charge in [0.15, 0.2) is 0 Å². The van der Waals surface area contributed by atoms with Gasteiger partial charge in [-0.3, -0.25) is 9.59 Å². The molecule has 0 saturated carbocycles. The minimum atomic E-state index is -0.715. The minimum Gasteiger partial charge on any atom is -0.468 e. The Morgan fingerprint density at radius 3 is 2.34 bits per heavy atom. The molecule has 1 aliphatic heterocycles. The van der Waals surface area contributed by atoms with Crippen LogP contribution in [-0.4, -0.2) is 17.6 Å². The number of furan rings is 1. The molecule has 0 bridgehead atoms. The topological polar surface area (TPSA) is 107 Å².